The van der Waals surface area contributed by atoms with Gasteiger partial charge in [-0.15, -0.1) is 11.3 Å². The van der Waals surface area contributed by atoms with Crippen molar-refractivity contribution in [3.05, 3.63) is 60.2 Å². The summed E-state index contributed by atoms with van der Waals surface area (Å²) in [5, 5.41) is 9.23. The molecular weight excluding hydrogens is 369 g/mol. The van der Waals surface area contributed by atoms with Crippen molar-refractivity contribution in [2.45, 2.75) is 4.21 Å². The van der Waals surface area contributed by atoms with E-state index >= 15 is 0 Å². The topological polar surface area (TPSA) is 109 Å². The molecule has 3 rings (SSSR count). The maximum Gasteiger partial charge on any atom is 0.337 e. The number of nitrogens with one attached hydrogen (secondary N) is 1. The molecular formula is C15H10FN3O4S2. The molecule has 0 fully saturated rings. The van der Waals surface area contributed by atoms with E-state index in [1.54, 1.807) is 0 Å². The maximum absolute atomic E-state index is 13.0. The van der Waals surface area contributed by atoms with Crippen LogP contribution in [0.15, 0.2) is 53.0 Å². The molecule has 2 heterocycles. The molecule has 3 aromatic rings. The summed E-state index contributed by atoms with van der Waals surface area (Å²) in [6.07, 6.45) is 2.24. The number of aromatic carboxylic acids is 1. The summed E-state index contributed by atoms with van der Waals surface area (Å²) in [6.45, 7) is 0. The monoisotopic (exact) mass is 379 g/mol. The highest BCUT2D eigenvalue weighted by molar-refractivity contribution is 7.94. The van der Waals surface area contributed by atoms with Crippen LogP contribution in [0.1, 0.15) is 10.4 Å². The summed E-state index contributed by atoms with van der Waals surface area (Å²) in [4.78, 5) is 18.6. The van der Waals surface area contributed by atoms with Crippen molar-refractivity contribution >= 4 is 33.1 Å². The second-order valence-corrected chi connectivity index (χ2v) is 7.77. The number of halogens is 1. The Morgan fingerprint density at radius 1 is 1.08 bits per heavy atom. The number of hydrogen-bond acceptors (Lipinski definition) is 6. The zero-order valence-corrected chi connectivity index (χ0v) is 14.0. The van der Waals surface area contributed by atoms with Gasteiger partial charge < -0.3 is 5.11 Å². The van der Waals surface area contributed by atoms with Crippen LogP contribution in [-0.4, -0.2) is 29.5 Å². The van der Waals surface area contributed by atoms with Crippen molar-refractivity contribution in [1.29, 1.82) is 0 Å². The number of sulfonamides is 1. The molecule has 0 bridgehead atoms. The SMILES string of the molecule is O=C(O)c1ccc(NS(=O)(=O)c2cnc(-c3ccc(F)cc3)s2)nc1. The van der Waals surface area contributed by atoms with Gasteiger partial charge in [0.1, 0.15) is 16.6 Å². The lowest BCUT2D eigenvalue weighted by molar-refractivity contribution is 0.0696. The van der Waals surface area contributed by atoms with Crippen LogP contribution in [0.25, 0.3) is 10.6 Å². The highest BCUT2D eigenvalue weighted by Crippen LogP contribution is 2.29. The predicted molar refractivity (Wildman–Crippen MR) is 89.5 cm³/mol. The first kappa shape index (κ1) is 17.0. The van der Waals surface area contributed by atoms with Crippen LogP contribution in [0.4, 0.5) is 10.2 Å². The lowest BCUT2D eigenvalue weighted by Crippen LogP contribution is -2.12. The van der Waals surface area contributed by atoms with E-state index in [1.165, 1.54) is 42.6 Å². The first-order valence-electron chi connectivity index (χ1n) is 6.79. The Hall–Kier alpha value is -2.85. The van der Waals surface area contributed by atoms with Gasteiger partial charge in [0.15, 0.2) is 4.21 Å². The second-order valence-electron chi connectivity index (χ2n) is 4.83. The standard InChI is InChI=1S/C15H10FN3O4S2/c16-11-4-1-9(2-5-11)14-18-8-13(24-14)25(22,23)19-12-6-3-10(7-17-12)15(20)21/h1-8H,(H,17,19)(H,20,21). The van der Waals surface area contributed by atoms with Gasteiger partial charge in [-0.2, -0.15) is 0 Å². The molecule has 0 saturated heterocycles. The van der Waals surface area contributed by atoms with Gasteiger partial charge in [-0.3, -0.25) is 4.72 Å². The Kier molecular flexibility index (Phi) is 4.47. The zero-order chi connectivity index (χ0) is 18.0. The van der Waals surface area contributed by atoms with Gasteiger partial charge in [0.05, 0.1) is 11.8 Å². The number of carbonyl (C=O) groups is 1. The van der Waals surface area contributed by atoms with Crippen LogP contribution in [0.3, 0.4) is 0 Å². The van der Waals surface area contributed by atoms with E-state index in [0.717, 1.165) is 17.5 Å². The average molecular weight is 379 g/mol. The summed E-state index contributed by atoms with van der Waals surface area (Å²) in [5.41, 5.74) is 0.538. The number of thiazole rings is 1. The summed E-state index contributed by atoms with van der Waals surface area (Å²) in [5.74, 6) is -1.57. The highest BCUT2D eigenvalue weighted by atomic mass is 32.2. The molecule has 7 nitrogen and oxygen atoms in total. The lowest BCUT2D eigenvalue weighted by atomic mass is 10.2. The van der Waals surface area contributed by atoms with Gasteiger partial charge in [0.2, 0.25) is 0 Å². The molecule has 0 atom stereocenters. The molecule has 0 unspecified atom stereocenters. The molecule has 25 heavy (non-hydrogen) atoms. The molecule has 128 valence electrons. The number of aromatic nitrogens is 2. The maximum atomic E-state index is 13.0. The fourth-order valence-corrected chi connectivity index (χ4v) is 4.02. The van der Waals surface area contributed by atoms with E-state index in [1.807, 2.05) is 0 Å². The molecule has 2 aromatic heterocycles. The first-order valence-corrected chi connectivity index (χ1v) is 9.09. The average Bonchev–Trinajstić information content (AvgIpc) is 3.06. The third kappa shape index (κ3) is 3.80. The number of carboxylic acids is 1. The minimum absolute atomic E-state index is 0.0123. The summed E-state index contributed by atoms with van der Waals surface area (Å²) < 4.78 is 39.9. The van der Waals surface area contributed by atoms with Crippen molar-refractivity contribution in [1.82, 2.24) is 9.97 Å². The Morgan fingerprint density at radius 3 is 2.40 bits per heavy atom. The number of anilines is 1. The molecule has 2 N–H and O–H groups in total. The molecule has 10 heteroatoms. The summed E-state index contributed by atoms with van der Waals surface area (Å²) in [7, 11) is -3.92. The third-order valence-electron chi connectivity index (χ3n) is 3.09. The lowest BCUT2D eigenvalue weighted by Gasteiger charge is -2.04. The minimum Gasteiger partial charge on any atom is -0.478 e. The van der Waals surface area contributed by atoms with Gasteiger partial charge in [0, 0.05) is 11.8 Å². The number of nitrogens with zero attached hydrogens (tertiary/aromatic N) is 2. The van der Waals surface area contributed by atoms with Crippen molar-refractivity contribution in [3.8, 4) is 10.6 Å². The Labute approximate surface area is 145 Å². The Balaban J connectivity index is 1.83. The molecule has 0 saturated carbocycles. The summed E-state index contributed by atoms with van der Waals surface area (Å²) in [6, 6.07) is 8.02. The fourth-order valence-electron chi connectivity index (χ4n) is 1.88. The third-order valence-corrected chi connectivity index (χ3v) is 5.95. The molecule has 0 aliphatic rings. The smallest absolute Gasteiger partial charge is 0.337 e. The minimum atomic E-state index is -3.92. The van der Waals surface area contributed by atoms with Crippen LogP contribution in [0, 0.1) is 5.82 Å². The summed E-state index contributed by atoms with van der Waals surface area (Å²) >= 11 is 0.920. The second kappa shape index (κ2) is 6.57. The van der Waals surface area contributed by atoms with Gasteiger partial charge >= 0.3 is 5.97 Å². The zero-order valence-electron chi connectivity index (χ0n) is 12.4. The number of rotatable bonds is 5. The first-order chi connectivity index (χ1) is 11.8. The number of hydrogen-bond donors (Lipinski definition) is 2. The Bertz CT molecular complexity index is 1020. The van der Waals surface area contributed by atoms with Crippen LogP contribution in [0.2, 0.25) is 0 Å². The predicted octanol–water partition coefficient (Wildman–Crippen LogP) is 2.84. The van der Waals surface area contributed by atoms with Crippen molar-refractivity contribution < 1.29 is 22.7 Å². The van der Waals surface area contributed by atoms with Crippen molar-refractivity contribution in [2.24, 2.45) is 0 Å². The highest BCUT2D eigenvalue weighted by Gasteiger charge is 2.19. The molecule has 0 spiro atoms. The van der Waals surface area contributed by atoms with E-state index in [4.69, 9.17) is 5.11 Å². The number of pyridine rings is 1. The van der Waals surface area contributed by atoms with E-state index in [0.29, 0.717) is 10.6 Å². The van der Waals surface area contributed by atoms with E-state index in [2.05, 4.69) is 14.7 Å². The van der Waals surface area contributed by atoms with Crippen LogP contribution >= 0.6 is 11.3 Å². The van der Waals surface area contributed by atoms with E-state index in [-0.39, 0.29) is 15.6 Å². The van der Waals surface area contributed by atoms with Crippen LogP contribution in [-0.2, 0) is 10.0 Å². The van der Waals surface area contributed by atoms with E-state index < -0.39 is 21.8 Å². The molecule has 0 aliphatic carbocycles. The Morgan fingerprint density at radius 2 is 1.80 bits per heavy atom. The molecule has 0 radical (unpaired) electrons. The molecule has 1 aromatic carbocycles. The van der Waals surface area contributed by atoms with E-state index in [9.17, 15) is 17.6 Å². The normalized spacial score (nSPS) is 11.2. The number of carboxylic acid groups (broad SMARTS) is 1. The fraction of sp³-hybridized carbons (Fsp3) is 0. The number of benzene rings is 1. The van der Waals surface area contributed by atoms with Gasteiger partial charge in [0.25, 0.3) is 10.0 Å². The largest absolute Gasteiger partial charge is 0.478 e. The van der Waals surface area contributed by atoms with Crippen LogP contribution in [0.5, 0.6) is 0 Å². The molecule has 0 amide bonds. The quantitative estimate of drug-likeness (QED) is 0.705. The van der Waals surface area contributed by atoms with Crippen LogP contribution < -0.4 is 4.72 Å². The van der Waals surface area contributed by atoms with Gasteiger partial charge in [-0.05, 0) is 36.4 Å². The van der Waals surface area contributed by atoms with Crippen molar-refractivity contribution in [3.63, 3.8) is 0 Å². The molecule has 0 aliphatic heterocycles. The van der Waals surface area contributed by atoms with Crippen molar-refractivity contribution in [2.75, 3.05) is 4.72 Å². The van der Waals surface area contributed by atoms with Gasteiger partial charge in [-0.1, -0.05) is 0 Å². The van der Waals surface area contributed by atoms with Gasteiger partial charge in [-0.25, -0.2) is 27.6 Å².